The van der Waals surface area contributed by atoms with E-state index in [0.717, 1.165) is 0 Å². The van der Waals surface area contributed by atoms with Gasteiger partial charge in [0.25, 0.3) is 8.32 Å². The molecule has 2 aromatic rings. The van der Waals surface area contributed by atoms with Gasteiger partial charge in [-0.25, -0.2) is 4.79 Å². The van der Waals surface area contributed by atoms with Gasteiger partial charge in [0.15, 0.2) is 0 Å². The summed E-state index contributed by atoms with van der Waals surface area (Å²) in [6.45, 7) is 9.26. The van der Waals surface area contributed by atoms with E-state index in [1.54, 1.807) is 0 Å². The number of benzene rings is 2. The zero-order chi connectivity index (χ0) is 27.7. The summed E-state index contributed by atoms with van der Waals surface area (Å²) in [7, 11) is -2.55. The Morgan fingerprint density at radius 3 is 1.66 bits per heavy atom. The molecule has 2 aromatic carbocycles. The third-order valence-corrected chi connectivity index (χ3v) is 10.8. The van der Waals surface area contributed by atoms with Crippen LogP contribution in [-0.4, -0.2) is 91.3 Å². The number of ether oxygens (including phenoxy) is 4. The van der Waals surface area contributed by atoms with Gasteiger partial charge in [-0.05, 0) is 15.4 Å². The molecule has 38 heavy (non-hydrogen) atoms. The number of aliphatic carboxylic acids is 1. The molecule has 0 spiro atoms. The van der Waals surface area contributed by atoms with Gasteiger partial charge in [-0.1, -0.05) is 81.4 Å². The molecule has 0 heterocycles. The summed E-state index contributed by atoms with van der Waals surface area (Å²) >= 11 is 0. The van der Waals surface area contributed by atoms with Gasteiger partial charge in [0, 0.05) is 6.54 Å². The summed E-state index contributed by atoms with van der Waals surface area (Å²) in [6, 6.07) is 21.0. The monoisotopic (exact) mass is 547 g/mol. The van der Waals surface area contributed by atoms with Crippen LogP contribution in [0.5, 0.6) is 0 Å². The van der Waals surface area contributed by atoms with Crippen molar-refractivity contribution in [2.75, 3.05) is 66.0 Å². The van der Waals surface area contributed by atoms with Crippen LogP contribution in [0.4, 0.5) is 0 Å². The topological polar surface area (TPSA) is 113 Å². The predicted molar refractivity (Wildman–Crippen MR) is 147 cm³/mol. The summed E-state index contributed by atoms with van der Waals surface area (Å²) in [4.78, 5) is 21.7. The molecule has 0 bridgehead atoms. The van der Waals surface area contributed by atoms with E-state index < -0.39 is 20.9 Å². The normalized spacial score (nSPS) is 11.9. The van der Waals surface area contributed by atoms with Gasteiger partial charge in [0.1, 0.15) is 13.2 Å². The highest BCUT2D eigenvalue weighted by molar-refractivity contribution is 6.99. The maximum absolute atomic E-state index is 11.4. The van der Waals surface area contributed by atoms with Crippen molar-refractivity contribution in [3.8, 4) is 0 Å². The third-order valence-electron chi connectivity index (χ3n) is 5.73. The minimum Gasteiger partial charge on any atom is -0.480 e. The van der Waals surface area contributed by atoms with Crippen molar-refractivity contribution >= 4 is 30.6 Å². The first-order chi connectivity index (χ1) is 18.3. The lowest BCUT2D eigenvalue weighted by Crippen LogP contribution is -2.66. The molecule has 0 aliphatic rings. The van der Waals surface area contributed by atoms with Crippen LogP contribution in [0, 0.1) is 0 Å². The molecule has 210 valence electrons. The Morgan fingerprint density at radius 1 is 0.711 bits per heavy atom. The van der Waals surface area contributed by atoms with Crippen LogP contribution in [-0.2, 0) is 33.0 Å². The van der Waals surface area contributed by atoms with Crippen LogP contribution < -0.4 is 15.7 Å². The first kappa shape index (κ1) is 31.6. The molecule has 0 saturated carbocycles. The van der Waals surface area contributed by atoms with Crippen molar-refractivity contribution in [3.63, 3.8) is 0 Å². The quantitative estimate of drug-likeness (QED) is 0.202. The first-order valence-corrected chi connectivity index (χ1v) is 14.7. The lowest BCUT2D eigenvalue weighted by Gasteiger charge is -2.43. The Bertz CT molecular complexity index is 897. The second kappa shape index (κ2) is 17.1. The van der Waals surface area contributed by atoms with Crippen molar-refractivity contribution < 1.29 is 38.1 Å². The van der Waals surface area contributed by atoms with Crippen LogP contribution in [0.2, 0.25) is 5.04 Å². The fourth-order valence-electron chi connectivity index (χ4n) is 4.10. The summed E-state index contributed by atoms with van der Waals surface area (Å²) < 4.78 is 28.2. The van der Waals surface area contributed by atoms with Crippen LogP contribution in [0.1, 0.15) is 20.8 Å². The van der Waals surface area contributed by atoms with Crippen LogP contribution in [0.25, 0.3) is 0 Å². The molecule has 0 atom stereocenters. The van der Waals surface area contributed by atoms with E-state index in [9.17, 15) is 9.59 Å². The number of hydrogen-bond acceptors (Lipinski definition) is 7. The van der Waals surface area contributed by atoms with Crippen molar-refractivity contribution in [1.29, 1.82) is 0 Å². The average molecular weight is 548 g/mol. The number of carbonyl (C=O) groups is 2. The van der Waals surface area contributed by atoms with Gasteiger partial charge in [-0.2, -0.15) is 0 Å². The maximum atomic E-state index is 11.4. The highest BCUT2D eigenvalue weighted by atomic mass is 28.4. The minimum atomic E-state index is -2.55. The highest BCUT2D eigenvalue weighted by Gasteiger charge is 2.49. The Balaban J connectivity index is 1.63. The molecule has 2 rings (SSSR count). The Hall–Kier alpha value is -2.60. The Kier molecular flexibility index (Phi) is 14.2. The molecule has 0 unspecified atom stereocenters. The van der Waals surface area contributed by atoms with Crippen LogP contribution in [0.15, 0.2) is 60.7 Å². The predicted octanol–water partition coefficient (Wildman–Crippen LogP) is 1.83. The van der Waals surface area contributed by atoms with Crippen molar-refractivity contribution in [2.24, 2.45) is 0 Å². The number of nitrogens with one attached hydrogen (secondary N) is 1. The highest BCUT2D eigenvalue weighted by Crippen LogP contribution is 2.36. The molecule has 0 aliphatic carbocycles. The fourth-order valence-corrected chi connectivity index (χ4v) is 8.65. The smallest absolute Gasteiger partial charge is 0.329 e. The lowest BCUT2D eigenvalue weighted by atomic mass is 10.2. The van der Waals surface area contributed by atoms with Gasteiger partial charge < -0.3 is 33.8 Å². The SMILES string of the molecule is CC(C)(C)[Si](OCCOCCOCCOCCNC(=O)COCC(=O)O)(c1ccccc1)c1ccccc1. The summed E-state index contributed by atoms with van der Waals surface area (Å²) in [5, 5.41) is 13.4. The van der Waals surface area contributed by atoms with E-state index in [2.05, 4.69) is 74.6 Å². The minimum absolute atomic E-state index is 0.0737. The largest absolute Gasteiger partial charge is 0.480 e. The van der Waals surface area contributed by atoms with Gasteiger partial charge >= 0.3 is 5.97 Å². The standard InChI is InChI=1S/C28H41NO8Si/c1-28(2,3)38(24-10-6-4-7-11-24,25-12-8-5-9-13-25)37-21-20-35-19-18-34-17-16-33-15-14-29-26(30)22-36-23-27(31)32/h4-13H,14-23H2,1-3H3,(H,29,30)(H,31,32). The van der Waals surface area contributed by atoms with Crippen LogP contribution >= 0.6 is 0 Å². The van der Waals surface area contributed by atoms with E-state index in [0.29, 0.717) is 52.8 Å². The van der Waals surface area contributed by atoms with Crippen molar-refractivity contribution in [2.45, 2.75) is 25.8 Å². The number of carboxylic acids is 1. The first-order valence-electron chi connectivity index (χ1n) is 12.8. The van der Waals surface area contributed by atoms with E-state index in [4.69, 9.17) is 28.5 Å². The lowest BCUT2D eigenvalue weighted by molar-refractivity contribution is -0.143. The second-order valence-electron chi connectivity index (χ2n) is 9.59. The molecule has 0 aromatic heterocycles. The number of rotatable bonds is 19. The van der Waals surface area contributed by atoms with Crippen molar-refractivity contribution in [1.82, 2.24) is 5.32 Å². The third kappa shape index (κ3) is 10.6. The van der Waals surface area contributed by atoms with Gasteiger partial charge in [0.2, 0.25) is 5.91 Å². The molecular weight excluding hydrogens is 506 g/mol. The van der Waals surface area contributed by atoms with E-state index in [1.807, 2.05) is 12.1 Å². The second-order valence-corrected chi connectivity index (χ2v) is 13.9. The number of carboxylic acid groups (broad SMARTS) is 1. The van der Waals surface area contributed by atoms with Gasteiger partial charge in [-0.15, -0.1) is 0 Å². The van der Waals surface area contributed by atoms with E-state index >= 15 is 0 Å². The van der Waals surface area contributed by atoms with Crippen LogP contribution in [0.3, 0.4) is 0 Å². The fraction of sp³-hybridized carbons (Fsp3) is 0.500. The molecule has 0 fully saturated rings. The Morgan fingerprint density at radius 2 is 1.18 bits per heavy atom. The molecule has 1 amide bonds. The zero-order valence-corrected chi connectivity index (χ0v) is 23.6. The van der Waals surface area contributed by atoms with Crippen molar-refractivity contribution in [3.05, 3.63) is 60.7 Å². The molecule has 0 radical (unpaired) electrons. The molecule has 9 nitrogen and oxygen atoms in total. The molecule has 10 heteroatoms. The van der Waals surface area contributed by atoms with E-state index in [1.165, 1.54) is 10.4 Å². The average Bonchev–Trinajstić information content (AvgIpc) is 2.89. The summed E-state index contributed by atoms with van der Waals surface area (Å²) in [5.41, 5.74) is 0. The van der Waals surface area contributed by atoms with Gasteiger partial charge in [-0.3, -0.25) is 4.79 Å². The summed E-state index contributed by atoms with van der Waals surface area (Å²) in [5.74, 6) is -1.50. The molecule has 0 aliphatic heterocycles. The number of carbonyl (C=O) groups excluding carboxylic acids is 1. The molecule has 0 saturated heterocycles. The van der Waals surface area contributed by atoms with Gasteiger partial charge in [0.05, 0.1) is 46.2 Å². The number of amides is 1. The zero-order valence-electron chi connectivity index (χ0n) is 22.6. The molecular formula is C28H41NO8Si. The number of hydrogen-bond donors (Lipinski definition) is 2. The molecule has 2 N–H and O–H groups in total. The maximum Gasteiger partial charge on any atom is 0.329 e. The Labute approximate surface area is 226 Å². The van der Waals surface area contributed by atoms with E-state index in [-0.39, 0.29) is 17.6 Å². The summed E-state index contributed by atoms with van der Waals surface area (Å²) in [6.07, 6.45) is 0.